The van der Waals surface area contributed by atoms with Crippen molar-refractivity contribution in [2.75, 3.05) is 11.9 Å². The number of aromatic nitrogens is 1. The van der Waals surface area contributed by atoms with Gasteiger partial charge in [-0.3, -0.25) is 0 Å². The third-order valence-electron chi connectivity index (χ3n) is 1.28. The lowest BCUT2D eigenvalue weighted by molar-refractivity contribution is 0.969. The normalized spacial score (nSPS) is 9.64. The Morgan fingerprint density at radius 1 is 1.55 bits per heavy atom. The van der Waals surface area contributed by atoms with Crippen LogP contribution in [0.15, 0.2) is 18.3 Å². The van der Waals surface area contributed by atoms with Gasteiger partial charge in [0.25, 0.3) is 0 Å². The van der Waals surface area contributed by atoms with Crippen LogP contribution in [0.3, 0.4) is 0 Å². The molecular formula is C8H11IN2. The molecule has 0 bridgehead atoms. The third kappa shape index (κ3) is 3.05. The first kappa shape index (κ1) is 8.77. The van der Waals surface area contributed by atoms with Crippen LogP contribution < -0.4 is 5.32 Å². The van der Waals surface area contributed by atoms with Crippen LogP contribution in [0, 0.1) is 3.57 Å². The number of rotatable bonds is 3. The van der Waals surface area contributed by atoms with Crippen LogP contribution in [0.25, 0.3) is 0 Å². The second-order valence-corrected chi connectivity index (χ2v) is 3.53. The van der Waals surface area contributed by atoms with Crippen molar-refractivity contribution in [1.82, 2.24) is 4.98 Å². The van der Waals surface area contributed by atoms with Gasteiger partial charge in [0.2, 0.25) is 0 Å². The smallest absolute Gasteiger partial charge is 0.125 e. The van der Waals surface area contributed by atoms with E-state index in [1.165, 1.54) is 3.57 Å². The van der Waals surface area contributed by atoms with Crippen molar-refractivity contribution in [2.24, 2.45) is 0 Å². The van der Waals surface area contributed by atoms with Gasteiger partial charge in [-0.25, -0.2) is 4.98 Å². The fourth-order valence-electron chi connectivity index (χ4n) is 0.733. The lowest BCUT2D eigenvalue weighted by Crippen LogP contribution is -2.01. The minimum atomic E-state index is 0.965. The third-order valence-corrected chi connectivity index (χ3v) is 1.92. The van der Waals surface area contributed by atoms with E-state index in [-0.39, 0.29) is 0 Å². The molecule has 0 spiro atoms. The molecule has 0 amide bonds. The molecule has 1 aromatic rings. The molecule has 1 rings (SSSR count). The van der Waals surface area contributed by atoms with E-state index in [4.69, 9.17) is 0 Å². The van der Waals surface area contributed by atoms with E-state index < -0.39 is 0 Å². The van der Waals surface area contributed by atoms with E-state index in [9.17, 15) is 0 Å². The Bertz CT molecular complexity index is 208. The van der Waals surface area contributed by atoms with E-state index in [1.54, 1.807) is 0 Å². The molecule has 0 aliphatic carbocycles. The SMILES string of the molecule is CCCNc1ccc(I)cn1. The minimum Gasteiger partial charge on any atom is -0.370 e. The Morgan fingerprint density at radius 3 is 2.91 bits per heavy atom. The molecule has 0 saturated carbocycles. The van der Waals surface area contributed by atoms with Crippen molar-refractivity contribution < 1.29 is 0 Å². The molecule has 0 aliphatic heterocycles. The van der Waals surface area contributed by atoms with Crippen molar-refractivity contribution in [3.8, 4) is 0 Å². The summed E-state index contributed by atoms with van der Waals surface area (Å²) in [7, 11) is 0. The molecule has 60 valence electrons. The van der Waals surface area contributed by atoms with Gasteiger partial charge in [-0.15, -0.1) is 0 Å². The van der Waals surface area contributed by atoms with Crippen LogP contribution >= 0.6 is 22.6 Å². The second-order valence-electron chi connectivity index (χ2n) is 2.29. The molecule has 0 unspecified atom stereocenters. The lowest BCUT2D eigenvalue weighted by Gasteiger charge is -2.01. The van der Waals surface area contributed by atoms with Crippen molar-refractivity contribution in [2.45, 2.75) is 13.3 Å². The highest BCUT2D eigenvalue weighted by atomic mass is 127. The molecule has 1 heterocycles. The Balaban J connectivity index is 2.52. The van der Waals surface area contributed by atoms with Crippen LogP contribution in [0.1, 0.15) is 13.3 Å². The molecule has 11 heavy (non-hydrogen) atoms. The zero-order valence-corrected chi connectivity index (χ0v) is 8.63. The molecule has 0 radical (unpaired) electrons. The highest BCUT2D eigenvalue weighted by Crippen LogP contribution is 2.06. The van der Waals surface area contributed by atoms with Gasteiger partial charge in [-0.05, 0) is 41.1 Å². The van der Waals surface area contributed by atoms with Crippen molar-refractivity contribution in [1.29, 1.82) is 0 Å². The summed E-state index contributed by atoms with van der Waals surface area (Å²) >= 11 is 2.24. The van der Waals surface area contributed by atoms with Crippen LogP contribution in [0.4, 0.5) is 5.82 Å². The molecule has 0 fully saturated rings. The number of halogens is 1. The summed E-state index contributed by atoms with van der Waals surface area (Å²) < 4.78 is 1.17. The summed E-state index contributed by atoms with van der Waals surface area (Å²) in [6, 6.07) is 4.04. The highest BCUT2D eigenvalue weighted by Gasteiger charge is 1.90. The van der Waals surface area contributed by atoms with Gasteiger partial charge >= 0.3 is 0 Å². The standard InChI is InChI=1S/C8H11IN2/c1-2-5-10-8-4-3-7(9)6-11-8/h3-4,6H,2,5H2,1H3,(H,10,11). The van der Waals surface area contributed by atoms with E-state index in [0.717, 1.165) is 18.8 Å². The Kier molecular flexibility index (Phi) is 3.62. The monoisotopic (exact) mass is 262 g/mol. The fraction of sp³-hybridized carbons (Fsp3) is 0.375. The van der Waals surface area contributed by atoms with Crippen molar-refractivity contribution in [3.05, 3.63) is 21.9 Å². The van der Waals surface area contributed by atoms with Gasteiger partial charge in [0.05, 0.1) is 0 Å². The summed E-state index contributed by atoms with van der Waals surface area (Å²) in [5.41, 5.74) is 0. The minimum absolute atomic E-state index is 0.965. The molecule has 2 nitrogen and oxygen atoms in total. The predicted molar refractivity (Wildman–Crippen MR) is 55.7 cm³/mol. The van der Waals surface area contributed by atoms with E-state index in [2.05, 4.69) is 39.8 Å². The van der Waals surface area contributed by atoms with E-state index in [1.807, 2.05) is 18.3 Å². The van der Waals surface area contributed by atoms with Gasteiger partial charge in [-0.2, -0.15) is 0 Å². The molecule has 3 heteroatoms. The molecule has 0 atom stereocenters. The van der Waals surface area contributed by atoms with Crippen molar-refractivity contribution >= 4 is 28.4 Å². The zero-order valence-electron chi connectivity index (χ0n) is 6.47. The second kappa shape index (κ2) is 4.54. The molecule has 0 aromatic carbocycles. The first-order valence-electron chi connectivity index (χ1n) is 3.68. The lowest BCUT2D eigenvalue weighted by atomic mass is 10.4. The van der Waals surface area contributed by atoms with Gasteiger partial charge in [0, 0.05) is 16.3 Å². The largest absolute Gasteiger partial charge is 0.370 e. The number of pyridine rings is 1. The summed E-state index contributed by atoms with van der Waals surface area (Å²) in [6.07, 6.45) is 2.99. The number of anilines is 1. The maximum absolute atomic E-state index is 4.20. The topological polar surface area (TPSA) is 24.9 Å². The fourth-order valence-corrected chi connectivity index (χ4v) is 1.05. The number of nitrogens with zero attached hydrogens (tertiary/aromatic N) is 1. The molecular weight excluding hydrogens is 251 g/mol. The van der Waals surface area contributed by atoms with E-state index in [0.29, 0.717) is 0 Å². The molecule has 1 aromatic heterocycles. The Morgan fingerprint density at radius 2 is 2.36 bits per heavy atom. The van der Waals surface area contributed by atoms with Crippen molar-refractivity contribution in [3.63, 3.8) is 0 Å². The summed E-state index contributed by atoms with van der Waals surface area (Å²) in [5.74, 6) is 0.965. The molecule has 0 saturated heterocycles. The first-order chi connectivity index (χ1) is 5.33. The van der Waals surface area contributed by atoms with E-state index >= 15 is 0 Å². The number of hydrogen-bond acceptors (Lipinski definition) is 2. The predicted octanol–water partition coefficient (Wildman–Crippen LogP) is 2.51. The maximum atomic E-state index is 4.20. The van der Waals surface area contributed by atoms with Crippen LogP contribution in [0.2, 0.25) is 0 Å². The maximum Gasteiger partial charge on any atom is 0.125 e. The number of hydrogen-bond donors (Lipinski definition) is 1. The molecule has 1 N–H and O–H groups in total. The van der Waals surface area contributed by atoms with Gasteiger partial charge in [0.1, 0.15) is 5.82 Å². The van der Waals surface area contributed by atoms with Crippen LogP contribution in [-0.4, -0.2) is 11.5 Å². The Hall–Kier alpha value is -0.320. The highest BCUT2D eigenvalue weighted by molar-refractivity contribution is 14.1. The van der Waals surface area contributed by atoms with Crippen LogP contribution in [-0.2, 0) is 0 Å². The summed E-state index contributed by atoms with van der Waals surface area (Å²) in [6.45, 7) is 3.13. The molecule has 0 aliphatic rings. The summed E-state index contributed by atoms with van der Waals surface area (Å²) in [4.78, 5) is 4.20. The average Bonchev–Trinajstić information content (AvgIpc) is 2.04. The number of nitrogens with one attached hydrogen (secondary N) is 1. The summed E-state index contributed by atoms with van der Waals surface area (Å²) in [5, 5.41) is 3.21. The first-order valence-corrected chi connectivity index (χ1v) is 4.76. The quantitative estimate of drug-likeness (QED) is 0.846. The zero-order chi connectivity index (χ0) is 8.10. The van der Waals surface area contributed by atoms with Gasteiger partial charge < -0.3 is 5.32 Å². The Labute approximate surface area is 80.6 Å². The van der Waals surface area contributed by atoms with Crippen LogP contribution in [0.5, 0.6) is 0 Å². The van der Waals surface area contributed by atoms with Gasteiger partial charge in [0.15, 0.2) is 0 Å². The average molecular weight is 262 g/mol. The van der Waals surface area contributed by atoms with Gasteiger partial charge in [-0.1, -0.05) is 6.92 Å².